The second-order valence-electron chi connectivity index (χ2n) is 18.5. The fourth-order valence-corrected chi connectivity index (χ4v) is 9.81. The van der Waals surface area contributed by atoms with E-state index in [2.05, 4.69) is 254 Å². The van der Waals surface area contributed by atoms with E-state index in [0.29, 0.717) is 11.5 Å². The molecule has 12 rings (SSSR count). The number of benzene rings is 9. The predicted molar refractivity (Wildman–Crippen MR) is 285 cm³/mol. The molecule has 6 heteroatoms. The van der Waals surface area contributed by atoms with Gasteiger partial charge in [0.2, 0.25) is 0 Å². The van der Waals surface area contributed by atoms with E-state index in [0.717, 1.165) is 94.9 Å². The molecule has 0 amide bonds. The molecule has 3 heterocycles. The minimum Gasteiger partial charge on any atom is -0.509 e. The monoisotopic (exact) mass is 1080 g/mol. The van der Waals surface area contributed by atoms with E-state index in [-0.39, 0.29) is 26.5 Å². The van der Waals surface area contributed by atoms with Gasteiger partial charge in [-0.3, -0.25) is 0 Å². The molecule has 0 unspecified atom stereocenters. The zero-order chi connectivity index (χ0) is 46.5. The molecule has 0 fully saturated rings. The number of fused-ring (bicyclic) bond motifs is 4. The van der Waals surface area contributed by atoms with Gasteiger partial charge in [0.05, 0.1) is 0 Å². The molecule has 11 aromatic rings. The number of ether oxygens (including phenoxy) is 1. The van der Waals surface area contributed by atoms with Crippen LogP contribution in [0.1, 0.15) is 26.3 Å². The first-order chi connectivity index (χ1) is 33.9. The summed E-state index contributed by atoms with van der Waals surface area (Å²) < 4.78 is 9.01. The second-order valence-corrected chi connectivity index (χ2v) is 18.5. The van der Waals surface area contributed by atoms with Gasteiger partial charge in [0, 0.05) is 78.0 Å². The number of hydrogen-bond donors (Lipinski definition) is 0. The Morgan fingerprint density at radius 1 is 0.471 bits per heavy atom. The minimum atomic E-state index is -0.152. The Labute approximate surface area is 424 Å². The van der Waals surface area contributed by atoms with Gasteiger partial charge in [0.1, 0.15) is 5.82 Å². The van der Waals surface area contributed by atoms with Crippen LogP contribution < -0.4 is 14.5 Å². The van der Waals surface area contributed by atoms with Crippen LogP contribution in [0.3, 0.4) is 0 Å². The number of nitrogens with zero attached hydrogens (tertiary/aromatic N) is 4. The van der Waals surface area contributed by atoms with E-state index in [1.54, 1.807) is 0 Å². The van der Waals surface area contributed by atoms with E-state index >= 15 is 0 Å². The molecule has 0 saturated heterocycles. The summed E-state index contributed by atoms with van der Waals surface area (Å²) in [6.45, 7) is 8.97. The molecule has 2 aromatic heterocycles. The predicted octanol–water partition coefficient (Wildman–Crippen LogP) is 16.9. The van der Waals surface area contributed by atoms with E-state index in [4.69, 9.17) is 9.72 Å². The quantitative estimate of drug-likeness (QED) is 0.135. The molecule has 0 N–H and O–H groups in total. The first-order valence-electron chi connectivity index (χ1n) is 23.4. The third-order valence-corrected chi connectivity index (χ3v) is 13.1. The summed E-state index contributed by atoms with van der Waals surface area (Å²) in [6.07, 6.45) is 2.03. The van der Waals surface area contributed by atoms with Gasteiger partial charge in [-0.15, -0.1) is 48.1 Å². The van der Waals surface area contributed by atoms with Crippen molar-refractivity contribution in [1.82, 2.24) is 9.55 Å². The second kappa shape index (κ2) is 18.5. The van der Waals surface area contributed by atoms with Crippen molar-refractivity contribution in [2.75, 3.05) is 9.80 Å². The van der Waals surface area contributed by atoms with Crippen LogP contribution in [0.15, 0.2) is 225 Å². The van der Waals surface area contributed by atoms with E-state index in [1.807, 2.05) is 24.4 Å². The fourth-order valence-electron chi connectivity index (χ4n) is 9.81. The van der Waals surface area contributed by atoms with Crippen molar-refractivity contribution in [2.24, 2.45) is 0 Å². The molecule has 0 bridgehead atoms. The molecule has 70 heavy (non-hydrogen) atoms. The molecule has 0 atom stereocenters. The molecular formula is C64H47N4OPt-3. The molecule has 342 valence electrons. The molecule has 0 spiro atoms. The zero-order valence-corrected chi connectivity index (χ0v) is 41.2. The Hall–Kier alpha value is -7.98. The number of hydrogen-bond acceptors (Lipinski definition) is 4. The summed E-state index contributed by atoms with van der Waals surface area (Å²) in [5.74, 6) is 1.99. The van der Waals surface area contributed by atoms with Crippen LogP contribution in [0.2, 0.25) is 0 Å². The van der Waals surface area contributed by atoms with Crippen molar-refractivity contribution in [3.05, 3.63) is 249 Å². The molecule has 0 radical (unpaired) electrons. The van der Waals surface area contributed by atoms with Crippen LogP contribution in [0.25, 0.3) is 72.1 Å². The third kappa shape index (κ3) is 8.16. The summed E-state index contributed by atoms with van der Waals surface area (Å²) in [6, 6.07) is 84.0. The van der Waals surface area contributed by atoms with Gasteiger partial charge in [-0.25, -0.2) is 4.98 Å². The van der Waals surface area contributed by atoms with Gasteiger partial charge in [-0.2, -0.15) is 12.1 Å². The molecule has 0 aliphatic carbocycles. The van der Waals surface area contributed by atoms with Gasteiger partial charge in [-0.1, -0.05) is 190 Å². The molecule has 1 aliphatic rings. The average molecular weight is 1080 g/mol. The third-order valence-electron chi connectivity index (χ3n) is 13.1. The summed E-state index contributed by atoms with van der Waals surface area (Å²) >= 11 is 0. The average Bonchev–Trinajstić information content (AvgIpc) is 3.95. The first-order valence-corrected chi connectivity index (χ1v) is 23.4. The Morgan fingerprint density at radius 2 is 1.03 bits per heavy atom. The maximum Gasteiger partial charge on any atom is 0.135 e. The summed E-state index contributed by atoms with van der Waals surface area (Å²) in [5, 5.41) is 2.18. The van der Waals surface area contributed by atoms with Crippen LogP contribution in [0.4, 0.5) is 22.7 Å². The minimum absolute atomic E-state index is 0. The van der Waals surface area contributed by atoms with Gasteiger partial charge < -0.3 is 19.1 Å². The van der Waals surface area contributed by atoms with Gasteiger partial charge in [-0.05, 0) is 68.4 Å². The summed E-state index contributed by atoms with van der Waals surface area (Å²) in [5.41, 5.74) is 16.2. The van der Waals surface area contributed by atoms with Crippen LogP contribution in [0, 0.1) is 18.8 Å². The topological polar surface area (TPSA) is 33.5 Å². The van der Waals surface area contributed by atoms with Crippen molar-refractivity contribution in [3.63, 3.8) is 0 Å². The Morgan fingerprint density at radius 3 is 1.66 bits per heavy atom. The van der Waals surface area contributed by atoms with Crippen LogP contribution in [-0.4, -0.2) is 9.55 Å². The Bertz CT molecular complexity index is 3600. The summed E-state index contributed by atoms with van der Waals surface area (Å²) in [7, 11) is 0. The molecule has 1 aliphatic heterocycles. The van der Waals surface area contributed by atoms with Crippen molar-refractivity contribution in [1.29, 1.82) is 0 Å². The van der Waals surface area contributed by atoms with Gasteiger partial charge in [0.15, 0.2) is 0 Å². The SMILES string of the molecule is CC(C)(C)c1cc(-n2c3[c-]c(Oc4[c-]c(N5[CH-]N(c6c(-c7ccccc7)cccc6-c6ccccc6)c6ccccc65)ccc4)ccc3c3cc(-c4ccccc4)ccc32)ncc1-c1ccccc1.[Pt]. The van der Waals surface area contributed by atoms with Crippen LogP contribution in [-0.2, 0) is 26.5 Å². The van der Waals surface area contributed by atoms with E-state index in [9.17, 15) is 0 Å². The number of anilines is 4. The van der Waals surface area contributed by atoms with Crippen LogP contribution in [0.5, 0.6) is 11.5 Å². The number of rotatable bonds is 9. The van der Waals surface area contributed by atoms with Crippen molar-refractivity contribution in [3.8, 4) is 61.8 Å². The molecular weight excluding hydrogens is 1040 g/mol. The van der Waals surface area contributed by atoms with Crippen molar-refractivity contribution < 1.29 is 25.8 Å². The maximum absolute atomic E-state index is 6.78. The standard InChI is InChI=1S/C64H47N4O.Pt/c1-64(2,3)57-41-62(65-42-56(57)47-26-14-7-15-27-47)68-58-37-34-48(44-20-8-4-9-21-44)38-55(58)54-36-35-51(40-61(54)68)69-50-29-18-28-49(39-50)66-43-67(60-33-17-16-32-59(60)66)63-52(45-22-10-5-11-23-45)30-19-31-53(63)46-24-12-6-13-25-46;/h4-38,41-43H,1-3H3;/q-3;. The fraction of sp³-hybridized carbons (Fsp3) is 0.0625. The largest absolute Gasteiger partial charge is 0.509 e. The van der Waals surface area contributed by atoms with E-state index < -0.39 is 0 Å². The molecule has 9 aromatic carbocycles. The van der Waals surface area contributed by atoms with Crippen molar-refractivity contribution in [2.45, 2.75) is 26.2 Å². The molecule has 5 nitrogen and oxygen atoms in total. The number of aromatic nitrogens is 2. The van der Waals surface area contributed by atoms with Gasteiger partial charge in [0.25, 0.3) is 0 Å². The Kier molecular flexibility index (Phi) is 11.8. The normalized spacial score (nSPS) is 12.3. The maximum atomic E-state index is 6.78. The molecule has 0 saturated carbocycles. The summed E-state index contributed by atoms with van der Waals surface area (Å²) in [4.78, 5) is 9.71. The number of para-hydroxylation sites is 3. The smallest absolute Gasteiger partial charge is 0.135 e. The Balaban J connectivity index is 0.00000533. The number of pyridine rings is 1. The van der Waals surface area contributed by atoms with Gasteiger partial charge >= 0.3 is 0 Å². The van der Waals surface area contributed by atoms with E-state index in [1.165, 1.54) is 5.56 Å². The zero-order valence-electron chi connectivity index (χ0n) is 39.0. The van der Waals surface area contributed by atoms with Crippen LogP contribution >= 0.6 is 0 Å². The van der Waals surface area contributed by atoms with Crippen molar-refractivity contribution >= 4 is 44.6 Å². The first kappa shape index (κ1) is 44.5.